The van der Waals surface area contributed by atoms with Crippen LogP contribution in [0.15, 0.2) is 45.2 Å². The number of anilines is 1. The molecule has 1 N–H and O–H groups in total. The first-order valence-corrected chi connectivity index (χ1v) is 9.22. The molecule has 3 rings (SSSR count). The number of carbonyl (C=O) groups is 3. The molecule has 1 aliphatic rings. The number of carbonyl (C=O) groups excluding carboxylic acids is 3. The van der Waals surface area contributed by atoms with Crippen LogP contribution >= 0.6 is 39.0 Å². The highest BCUT2D eigenvalue weighted by Gasteiger charge is 2.36. The fraction of sp³-hybridized carbons (Fsp3) is 0.0667. The summed E-state index contributed by atoms with van der Waals surface area (Å²) in [5, 5.41) is 4.24. The smallest absolute Gasteiger partial charge is 0.294 e. The number of nitrogens with one attached hydrogen (secondary N) is 1. The number of aromatic nitrogens is 1. The number of hydrogen-bond donors (Lipinski definition) is 1. The van der Waals surface area contributed by atoms with E-state index in [2.05, 4.69) is 26.2 Å². The summed E-state index contributed by atoms with van der Waals surface area (Å²) in [4.78, 5) is 41.4. The molecule has 6 nitrogen and oxygen atoms in total. The van der Waals surface area contributed by atoms with Crippen LogP contribution in [0, 0.1) is 0 Å². The molecule has 0 radical (unpaired) electrons. The van der Waals surface area contributed by atoms with Gasteiger partial charge >= 0.3 is 0 Å². The number of hydrogen-bond acceptors (Lipinski definition) is 6. The van der Waals surface area contributed by atoms with Gasteiger partial charge in [-0.15, -0.1) is 11.3 Å². The van der Waals surface area contributed by atoms with E-state index in [4.69, 9.17) is 0 Å². The van der Waals surface area contributed by atoms with E-state index in [0.29, 0.717) is 10.0 Å². The van der Waals surface area contributed by atoms with Crippen molar-refractivity contribution in [2.24, 2.45) is 0 Å². The van der Waals surface area contributed by atoms with Crippen LogP contribution in [0.25, 0.3) is 6.08 Å². The molecule has 2 aromatic rings. The number of imide groups is 1. The lowest BCUT2D eigenvalue weighted by molar-refractivity contribution is -0.127. The zero-order valence-corrected chi connectivity index (χ0v) is 15.3. The van der Waals surface area contributed by atoms with E-state index < -0.39 is 17.1 Å². The zero-order valence-electron chi connectivity index (χ0n) is 12.1. The Morgan fingerprint density at radius 1 is 1.29 bits per heavy atom. The van der Waals surface area contributed by atoms with Crippen molar-refractivity contribution in [2.45, 2.75) is 0 Å². The number of halogens is 1. The molecule has 3 amide bonds. The molecule has 1 fully saturated rings. The maximum absolute atomic E-state index is 12.3. The van der Waals surface area contributed by atoms with Gasteiger partial charge in [0.2, 0.25) is 5.91 Å². The third kappa shape index (κ3) is 3.92. The summed E-state index contributed by atoms with van der Waals surface area (Å²) in [5.41, 5.74) is 0.802. The molecular weight excluding hydrogens is 414 g/mol. The first kappa shape index (κ1) is 16.9. The second-order valence-electron chi connectivity index (χ2n) is 4.70. The van der Waals surface area contributed by atoms with Crippen molar-refractivity contribution in [2.75, 3.05) is 11.9 Å². The molecular formula is C15H10BrN3O3S2. The Morgan fingerprint density at radius 2 is 2.04 bits per heavy atom. The van der Waals surface area contributed by atoms with Gasteiger partial charge in [0, 0.05) is 16.0 Å². The Kier molecular flexibility index (Phi) is 5.12. The number of thioether (sulfide) groups is 1. The first-order valence-electron chi connectivity index (χ1n) is 6.73. The molecule has 0 atom stereocenters. The summed E-state index contributed by atoms with van der Waals surface area (Å²) in [5.74, 6) is -0.931. The van der Waals surface area contributed by atoms with E-state index in [-0.39, 0.29) is 6.54 Å². The van der Waals surface area contributed by atoms with Crippen molar-refractivity contribution in [1.82, 2.24) is 9.88 Å². The molecule has 0 aliphatic carbocycles. The quantitative estimate of drug-likeness (QED) is 0.760. The Balaban J connectivity index is 1.69. The Labute approximate surface area is 154 Å². The van der Waals surface area contributed by atoms with Gasteiger partial charge < -0.3 is 5.32 Å². The summed E-state index contributed by atoms with van der Waals surface area (Å²) in [6, 6.07) is 7.34. The number of benzene rings is 1. The van der Waals surface area contributed by atoms with E-state index in [1.54, 1.807) is 17.7 Å². The van der Waals surface area contributed by atoms with Crippen LogP contribution in [0.1, 0.15) is 5.56 Å². The second kappa shape index (κ2) is 7.29. The summed E-state index contributed by atoms with van der Waals surface area (Å²) in [6.07, 6.45) is 3.19. The molecule has 2 heterocycles. The van der Waals surface area contributed by atoms with Crippen molar-refractivity contribution in [3.63, 3.8) is 0 Å². The fourth-order valence-electron chi connectivity index (χ4n) is 1.93. The highest BCUT2D eigenvalue weighted by atomic mass is 79.9. The van der Waals surface area contributed by atoms with Crippen molar-refractivity contribution >= 4 is 67.3 Å². The number of nitrogens with zero attached hydrogens (tertiary/aromatic N) is 2. The molecule has 1 aromatic heterocycles. The Hall–Kier alpha value is -1.97. The number of thiazole rings is 1. The van der Waals surface area contributed by atoms with Gasteiger partial charge in [-0.2, -0.15) is 0 Å². The van der Waals surface area contributed by atoms with Gasteiger partial charge in [-0.25, -0.2) is 4.98 Å². The van der Waals surface area contributed by atoms with Crippen molar-refractivity contribution in [3.05, 3.63) is 50.8 Å². The van der Waals surface area contributed by atoms with Gasteiger partial charge in [-0.3, -0.25) is 19.3 Å². The van der Waals surface area contributed by atoms with Crippen LogP contribution in [0.3, 0.4) is 0 Å². The third-order valence-corrected chi connectivity index (χ3v) is 5.15. The third-order valence-electron chi connectivity index (χ3n) is 3.02. The van der Waals surface area contributed by atoms with E-state index in [9.17, 15) is 14.4 Å². The van der Waals surface area contributed by atoms with Crippen LogP contribution in [-0.2, 0) is 9.59 Å². The molecule has 0 bridgehead atoms. The maximum Gasteiger partial charge on any atom is 0.294 e. The van der Waals surface area contributed by atoms with Gasteiger partial charge in [0.1, 0.15) is 6.54 Å². The van der Waals surface area contributed by atoms with Crippen LogP contribution < -0.4 is 5.32 Å². The Morgan fingerprint density at radius 3 is 2.71 bits per heavy atom. The molecule has 1 aromatic carbocycles. The molecule has 122 valence electrons. The lowest BCUT2D eigenvalue weighted by Gasteiger charge is -2.11. The normalized spacial score (nSPS) is 16.0. The fourth-order valence-corrected chi connectivity index (χ4v) is 3.58. The maximum atomic E-state index is 12.3. The average molecular weight is 424 g/mol. The first-order chi connectivity index (χ1) is 11.5. The van der Waals surface area contributed by atoms with Crippen molar-refractivity contribution in [3.8, 4) is 0 Å². The van der Waals surface area contributed by atoms with Crippen LogP contribution in [0.2, 0.25) is 0 Å². The van der Waals surface area contributed by atoms with Crippen molar-refractivity contribution < 1.29 is 14.4 Å². The minimum Gasteiger partial charge on any atom is -0.300 e. The largest absolute Gasteiger partial charge is 0.300 e. The lowest BCUT2D eigenvalue weighted by atomic mass is 10.2. The Bertz CT molecular complexity index is 819. The standard InChI is InChI=1S/C15H10BrN3O3S2/c16-10-3-1-9(2-4-10)7-11-13(21)19(15(22)24-11)8-12(20)18-14-17-5-6-23-14/h1-7H,8H2,(H,17,18,20)/b11-7-. The van der Waals surface area contributed by atoms with Gasteiger partial charge in [0.25, 0.3) is 11.1 Å². The summed E-state index contributed by atoms with van der Waals surface area (Å²) in [6.45, 7) is -0.331. The minimum atomic E-state index is -0.470. The van der Waals surface area contributed by atoms with Crippen molar-refractivity contribution in [1.29, 1.82) is 0 Å². The van der Waals surface area contributed by atoms with Crippen LogP contribution in [0.5, 0.6) is 0 Å². The van der Waals surface area contributed by atoms with Crippen LogP contribution in [0.4, 0.5) is 9.93 Å². The SMILES string of the molecule is O=C(CN1C(=O)S/C(=C\c2ccc(Br)cc2)C1=O)Nc1nccs1. The monoisotopic (exact) mass is 423 g/mol. The molecule has 1 aliphatic heterocycles. The highest BCUT2D eigenvalue weighted by Crippen LogP contribution is 2.32. The van der Waals surface area contributed by atoms with Gasteiger partial charge in [0.05, 0.1) is 4.91 Å². The molecule has 0 saturated carbocycles. The average Bonchev–Trinajstić information content (AvgIpc) is 3.14. The number of amides is 3. The highest BCUT2D eigenvalue weighted by molar-refractivity contribution is 9.10. The lowest BCUT2D eigenvalue weighted by Crippen LogP contribution is -2.36. The van der Waals surface area contributed by atoms with Gasteiger partial charge in [0.15, 0.2) is 5.13 Å². The topological polar surface area (TPSA) is 79.4 Å². The van der Waals surface area contributed by atoms with Gasteiger partial charge in [-0.1, -0.05) is 28.1 Å². The van der Waals surface area contributed by atoms with E-state index in [1.807, 2.05) is 24.3 Å². The summed E-state index contributed by atoms with van der Waals surface area (Å²) < 4.78 is 0.923. The molecule has 0 spiro atoms. The van der Waals surface area contributed by atoms with Crippen LogP contribution in [-0.4, -0.2) is 33.5 Å². The predicted octanol–water partition coefficient (Wildman–Crippen LogP) is 3.58. The number of rotatable bonds is 4. The van der Waals surface area contributed by atoms with Gasteiger partial charge in [-0.05, 0) is 35.5 Å². The summed E-state index contributed by atoms with van der Waals surface area (Å²) in [7, 11) is 0. The van der Waals surface area contributed by atoms with E-state index in [0.717, 1.165) is 26.7 Å². The predicted molar refractivity (Wildman–Crippen MR) is 97.6 cm³/mol. The molecule has 24 heavy (non-hydrogen) atoms. The zero-order chi connectivity index (χ0) is 17.1. The van der Waals surface area contributed by atoms with E-state index >= 15 is 0 Å². The summed E-state index contributed by atoms with van der Waals surface area (Å²) >= 11 is 5.42. The molecule has 0 unspecified atom stereocenters. The second-order valence-corrected chi connectivity index (χ2v) is 7.51. The van der Waals surface area contributed by atoms with E-state index in [1.165, 1.54) is 11.3 Å². The molecule has 1 saturated heterocycles. The minimum absolute atomic E-state index is 0.296. The molecule has 9 heteroatoms.